The minimum absolute atomic E-state index is 0.0493. The number of halogens is 1. The molecule has 0 saturated heterocycles. The number of amides is 2. The summed E-state index contributed by atoms with van der Waals surface area (Å²) in [7, 11) is 3.27. The fourth-order valence-corrected chi connectivity index (χ4v) is 3.09. The molecular weight excluding hydrogens is 323 g/mol. The Balaban J connectivity index is 1.84. The Morgan fingerprint density at radius 1 is 1.32 bits per heavy atom. The summed E-state index contributed by atoms with van der Waals surface area (Å²) < 4.78 is 18.7. The average Bonchev–Trinajstić information content (AvgIpc) is 2.60. The van der Waals surface area contributed by atoms with E-state index in [1.165, 1.54) is 12.1 Å². The first-order valence-electron chi connectivity index (χ1n) is 7.95. The van der Waals surface area contributed by atoms with Gasteiger partial charge in [0.05, 0.1) is 13.0 Å². The van der Waals surface area contributed by atoms with Crippen molar-refractivity contribution in [1.82, 2.24) is 4.90 Å². The smallest absolute Gasteiger partial charge is 0.230 e. The molecule has 0 unspecified atom stereocenters. The summed E-state index contributed by atoms with van der Waals surface area (Å²) in [6.45, 7) is 0.359. The number of ether oxygens (including phenoxy) is 1. The van der Waals surface area contributed by atoms with Gasteiger partial charge in [0.2, 0.25) is 11.8 Å². The van der Waals surface area contributed by atoms with Crippen molar-refractivity contribution in [2.45, 2.75) is 18.9 Å². The van der Waals surface area contributed by atoms with Crippen molar-refractivity contribution in [2.75, 3.05) is 19.5 Å². The van der Waals surface area contributed by atoms with Crippen LogP contribution in [-0.4, -0.2) is 30.9 Å². The molecule has 0 radical (unpaired) electrons. The Labute approximate surface area is 145 Å². The summed E-state index contributed by atoms with van der Waals surface area (Å²) in [5.74, 6) is -0.847. The van der Waals surface area contributed by atoms with Gasteiger partial charge in [0.25, 0.3) is 0 Å². The molecule has 1 aliphatic rings. The van der Waals surface area contributed by atoms with Crippen molar-refractivity contribution in [2.24, 2.45) is 0 Å². The largest absolute Gasteiger partial charge is 0.496 e. The highest BCUT2D eigenvalue weighted by atomic mass is 19.1. The van der Waals surface area contributed by atoms with E-state index >= 15 is 0 Å². The summed E-state index contributed by atoms with van der Waals surface area (Å²) in [5, 5.41) is 2.62. The molecular formula is C19H19FN2O3. The number of carbonyl (C=O) groups is 2. The SMILES string of the molecule is COc1ccccc1CN(C)C(=O)[C@H]1CC(=O)Nc2cc(F)ccc21. The Kier molecular flexibility index (Phi) is 4.70. The molecule has 0 saturated carbocycles. The third-order valence-electron chi connectivity index (χ3n) is 4.33. The Bertz CT molecular complexity index is 822. The second-order valence-electron chi connectivity index (χ2n) is 6.04. The fraction of sp³-hybridized carbons (Fsp3) is 0.263. The van der Waals surface area contributed by atoms with Gasteiger partial charge in [-0.25, -0.2) is 4.39 Å². The van der Waals surface area contributed by atoms with Gasteiger partial charge in [-0.3, -0.25) is 9.59 Å². The lowest BCUT2D eigenvalue weighted by Crippen LogP contribution is -2.36. The molecule has 1 atom stereocenters. The molecule has 130 valence electrons. The maximum atomic E-state index is 13.4. The van der Waals surface area contributed by atoms with Crippen LogP contribution in [0.2, 0.25) is 0 Å². The number of rotatable bonds is 4. The van der Waals surface area contributed by atoms with Crippen molar-refractivity contribution in [3.63, 3.8) is 0 Å². The molecule has 3 rings (SSSR count). The van der Waals surface area contributed by atoms with Crippen LogP contribution in [0.4, 0.5) is 10.1 Å². The van der Waals surface area contributed by atoms with Gasteiger partial charge in [0.1, 0.15) is 11.6 Å². The van der Waals surface area contributed by atoms with E-state index < -0.39 is 11.7 Å². The topological polar surface area (TPSA) is 58.6 Å². The van der Waals surface area contributed by atoms with Crippen LogP contribution >= 0.6 is 0 Å². The van der Waals surface area contributed by atoms with Gasteiger partial charge in [-0.1, -0.05) is 24.3 Å². The monoisotopic (exact) mass is 342 g/mol. The Morgan fingerprint density at radius 3 is 2.84 bits per heavy atom. The minimum Gasteiger partial charge on any atom is -0.496 e. The van der Waals surface area contributed by atoms with Gasteiger partial charge in [0, 0.05) is 31.3 Å². The first-order valence-corrected chi connectivity index (χ1v) is 7.95. The molecule has 2 aromatic carbocycles. The van der Waals surface area contributed by atoms with E-state index in [9.17, 15) is 14.0 Å². The second-order valence-corrected chi connectivity index (χ2v) is 6.04. The summed E-state index contributed by atoms with van der Waals surface area (Å²) >= 11 is 0. The van der Waals surface area contributed by atoms with Gasteiger partial charge >= 0.3 is 0 Å². The molecule has 0 aromatic heterocycles. The van der Waals surface area contributed by atoms with E-state index in [4.69, 9.17) is 4.74 Å². The number of nitrogens with one attached hydrogen (secondary N) is 1. The number of benzene rings is 2. The van der Waals surface area contributed by atoms with Gasteiger partial charge < -0.3 is 15.0 Å². The maximum Gasteiger partial charge on any atom is 0.230 e. The van der Waals surface area contributed by atoms with Crippen molar-refractivity contribution in [1.29, 1.82) is 0 Å². The molecule has 2 amide bonds. The molecule has 0 aliphatic carbocycles. The molecule has 0 spiro atoms. The third-order valence-corrected chi connectivity index (χ3v) is 4.33. The number of hydrogen-bond acceptors (Lipinski definition) is 3. The molecule has 1 heterocycles. The van der Waals surface area contributed by atoms with Crippen LogP contribution in [0.5, 0.6) is 5.75 Å². The Morgan fingerprint density at radius 2 is 2.08 bits per heavy atom. The number of methoxy groups -OCH3 is 1. The zero-order chi connectivity index (χ0) is 18.0. The maximum absolute atomic E-state index is 13.4. The highest BCUT2D eigenvalue weighted by Crippen LogP contribution is 2.34. The molecule has 1 N–H and O–H groups in total. The first kappa shape index (κ1) is 17.0. The number of hydrogen-bond donors (Lipinski definition) is 1. The van der Waals surface area contributed by atoms with Crippen molar-refractivity contribution in [3.8, 4) is 5.75 Å². The number of likely N-dealkylation sites (N-methyl/N-ethyl adjacent to an activating group) is 1. The minimum atomic E-state index is -0.621. The van der Waals surface area contributed by atoms with Gasteiger partial charge in [-0.15, -0.1) is 0 Å². The van der Waals surface area contributed by atoms with Crippen LogP contribution in [0.1, 0.15) is 23.5 Å². The molecule has 6 heteroatoms. The predicted molar refractivity (Wildman–Crippen MR) is 91.9 cm³/mol. The van der Waals surface area contributed by atoms with Crippen molar-refractivity contribution < 1.29 is 18.7 Å². The van der Waals surface area contributed by atoms with Crippen LogP contribution in [-0.2, 0) is 16.1 Å². The van der Waals surface area contributed by atoms with E-state index in [-0.39, 0.29) is 18.2 Å². The van der Waals surface area contributed by atoms with Crippen LogP contribution < -0.4 is 10.1 Å². The lowest BCUT2D eigenvalue weighted by atomic mass is 9.89. The summed E-state index contributed by atoms with van der Waals surface area (Å²) in [6.07, 6.45) is 0.0493. The van der Waals surface area contributed by atoms with Crippen molar-refractivity contribution >= 4 is 17.5 Å². The number of para-hydroxylation sites is 1. The predicted octanol–water partition coefficient (Wildman–Crippen LogP) is 2.92. The lowest BCUT2D eigenvalue weighted by molar-refractivity contribution is -0.134. The summed E-state index contributed by atoms with van der Waals surface area (Å²) in [6, 6.07) is 11.6. The molecule has 0 bridgehead atoms. The van der Waals surface area contributed by atoms with Gasteiger partial charge in [0.15, 0.2) is 0 Å². The summed E-state index contributed by atoms with van der Waals surface area (Å²) in [5.41, 5.74) is 1.87. The van der Waals surface area contributed by atoms with Crippen LogP contribution in [0.25, 0.3) is 0 Å². The summed E-state index contributed by atoms with van der Waals surface area (Å²) in [4.78, 5) is 26.4. The molecule has 25 heavy (non-hydrogen) atoms. The van der Waals surface area contributed by atoms with Gasteiger partial charge in [-0.2, -0.15) is 0 Å². The van der Waals surface area contributed by atoms with Crippen LogP contribution in [0.3, 0.4) is 0 Å². The fourth-order valence-electron chi connectivity index (χ4n) is 3.09. The van der Waals surface area contributed by atoms with E-state index in [0.29, 0.717) is 23.5 Å². The lowest BCUT2D eigenvalue weighted by Gasteiger charge is -2.29. The van der Waals surface area contributed by atoms with Crippen molar-refractivity contribution in [3.05, 3.63) is 59.4 Å². The van der Waals surface area contributed by atoms with Crippen LogP contribution in [0, 0.1) is 5.82 Å². The molecule has 5 nitrogen and oxygen atoms in total. The normalized spacial score (nSPS) is 16.0. The van der Waals surface area contributed by atoms with E-state index in [0.717, 1.165) is 5.56 Å². The standard InChI is InChI=1S/C19H19FN2O3/c1-22(11-12-5-3-4-6-17(12)25-2)19(24)15-10-18(23)21-16-9-13(20)7-8-14(15)16/h3-9,15H,10-11H2,1-2H3,(H,21,23)/t15-/m0/s1. The highest BCUT2D eigenvalue weighted by Gasteiger charge is 2.32. The molecule has 1 aliphatic heterocycles. The zero-order valence-electron chi connectivity index (χ0n) is 14.1. The van der Waals surface area contributed by atoms with E-state index in [1.807, 2.05) is 24.3 Å². The number of fused-ring (bicyclic) bond motifs is 1. The first-order chi connectivity index (χ1) is 12.0. The third kappa shape index (κ3) is 3.47. The number of nitrogens with zero attached hydrogens (tertiary/aromatic N) is 1. The number of anilines is 1. The Hall–Kier alpha value is -2.89. The zero-order valence-corrected chi connectivity index (χ0v) is 14.1. The molecule has 2 aromatic rings. The second kappa shape index (κ2) is 6.93. The van der Waals surface area contributed by atoms with Gasteiger partial charge in [-0.05, 0) is 23.8 Å². The average molecular weight is 342 g/mol. The highest BCUT2D eigenvalue weighted by molar-refractivity contribution is 6.01. The van der Waals surface area contributed by atoms with Crippen LogP contribution in [0.15, 0.2) is 42.5 Å². The number of carbonyl (C=O) groups excluding carboxylic acids is 2. The molecule has 0 fully saturated rings. The van der Waals surface area contributed by atoms with E-state index in [1.54, 1.807) is 25.1 Å². The quantitative estimate of drug-likeness (QED) is 0.929. The van der Waals surface area contributed by atoms with E-state index in [2.05, 4.69) is 5.32 Å².